The predicted octanol–water partition coefficient (Wildman–Crippen LogP) is 8.95. The molecular formula is C38H32BrN3O3S. The molecule has 5 aromatic carbocycles. The molecule has 5 rings (SSSR count). The van der Waals surface area contributed by atoms with Crippen LogP contribution in [0, 0.1) is 13.8 Å². The molecule has 0 aliphatic heterocycles. The van der Waals surface area contributed by atoms with E-state index in [1.165, 1.54) is 11.8 Å². The molecule has 0 spiro atoms. The van der Waals surface area contributed by atoms with Crippen LogP contribution >= 0.6 is 27.7 Å². The summed E-state index contributed by atoms with van der Waals surface area (Å²) >= 11 is 4.85. The Bertz CT molecular complexity index is 1890. The molecule has 230 valence electrons. The number of anilines is 2. The SMILES string of the molecule is Cc1ccc(C)c(NC(=O)C(Sc2cccc(NC(=O)/C(=C\c3cccc(Br)c3)NC(=O)c3ccccc3)c2)c2ccccc2)c1. The zero-order valence-corrected chi connectivity index (χ0v) is 27.7. The molecule has 0 aliphatic carbocycles. The lowest BCUT2D eigenvalue weighted by Gasteiger charge is -2.19. The van der Waals surface area contributed by atoms with E-state index in [-0.39, 0.29) is 11.6 Å². The normalized spacial score (nSPS) is 11.8. The topological polar surface area (TPSA) is 87.3 Å². The van der Waals surface area contributed by atoms with Crippen molar-refractivity contribution >= 4 is 62.9 Å². The number of halogens is 1. The van der Waals surface area contributed by atoms with Crippen molar-refractivity contribution in [1.82, 2.24) is 5.32 Å². The number of thioether (sulfide) groups is 1. The molecule has 0 aromatic heterocycles. The molecule has 3 amide bonds. The van der Waals surface area contributed by atoms with Gasteiger partial charge >= 0.3 is 0 Å². The van der Waals surface area contributed by atoms with Gasteiger partial charge in [0.1, 0.15) is 10.9 Å². The minimum atomic E-state index is -0.552. The lowest BCUT2D eigenvalue weighted by atomic mass is 10.1. The molecule has 0 heterocycles. The predicted molar refractivity (Wildman–Crippen MR) is 191 cm³/mol. The van der Waals surface area contributed by atoms with Crippen LogP contribution in [-0.4, -0.2) is 17.7 Å². The maximum absolute atomic E-state index is 13.7. The van der Waals surface area contributed by atoms with Crippen LogP contribution in [0.2, 0.25) is 0 Å². The first-order valence-electron chi connectivity index (χ1n) is 14.6. The number of carbonyl (C=O) groups is 3. The fourth-order valence-corrected chi connectivity index (χ4v) is 6.16. The quantitative estimate of drug-likeness (QED) is 0.101. The summed E-state index contributed by atoms with van der Waals surface area (Å²) in [6.07, 6.45) is 1.63. The second kappa shape index (κ2) is 15.4. The monoisotopic (exact) mass is 689 g/mol. The van der Waals surface area contributed by atoms with Crippen molar-refractivity contribution in [1.29, 1.82) is 0 Å². The van der Waals surface area contributed by atoms with Gasteiger partial charge in [-0.3, -0.25) is 14.4 Å². The van der Waals surface area contributed by atoms with E-state index < -0.39 is 17.1 Å². The highest BCUT2D eigenvalue weighted by Crippen LogP contribution is 2.37. The first-order chi connectivity index (χ1) is 22.2. The van der Waals surface area contributed by atoms with Gasteiger partial charge in [-0.25, -0.2) is 0 Å². The van der Waals surface area contributed by atoms with Gasteiger partial charge in [0.05, 0.1) is 0 Å². The van der Waals surface area contributed by atoms with E-state index in [2.05, 4.69) is 31.9 Å². The summed E-state index contributed by atoms with van der Waals surface area (Å²) in [5.74, 6) is -1.04. The standard InChI is InChI=1S/C38H32BrN3O3S/c1-25-19-20-26(2)33(21-25)41-38(45)35(28-12-5-3-6-13-28)46-32-18-10-17-31(24-32)40-37(44)34(23-27-11-9-16-30(39)22-27)42-36(43)29-14-7-4-8-15-29/h3-24,35H,1-2H3,(H,40,44)(H,41,45)(H,42,43)/b34-23+. The fourth-order valence-electron chi connectivity index (χ4n) is 4.66. The maximum Gasteiger partial charge on any atom is 0.272 e. The Morgan fingerprint density at radius 1 is 0.739 bits per heavy atom. The summed E-state index contributed by atoms with van der Waals surface area (Å²) in [5, 5.41) is 8.25. The Hall–Kier alpha value is -4.92. The smallest absolute Gasteiger partial charge is 0.272 e. The number of hydrogen-bond donors (Lipinski definition) is 3. The molecule has 46 heavy (non-hydrogen) atoms. The molecule has 0 saturated heterocycles. The molecule has 0 fully saturated rings. The van der Waals surface area contributed by atoms with Crippen molar-refractivity contribution in [2.75, 3.05) is 10.6 Å². The van der Waals surface area contributed by atoms with E-state index in [4.69, 9.17) is 0 Å². The maximum atomic E-state index is 13.7. The van der Waals surface area contributed by atoms with Crippen LogP contribution in [-0.2, 0) is 9.59 Å². The molecule has 1 atom stereocenters. The van der Waals surface area contributed by atoms with Crippen molar-refractivity contribution in [2.45, 2.75) is 24.0 Å². The van der Waals surface area contributed by atoms with E-state index >= 15 is 0 Å². The summed E-state index contributed by atoms with van der Waals surface area (Å²) in [6.45, 7) is 3.96. The average Bonchev–Trinajstić information content (AvgIpc) is 3.06. The van der Waals surface area contributed by atoms with Crippen LogP contribution in [0.25, 0.3) is 6.08 Å². The molecule has 0 bridgehead atoms. The zero-order valence-electron chi connectivity index (χ0n) is 25.3. The van der Waals surface area contributed by atoms with E-state index in [1.54, 1.807) is 36.4 Å². The van der Waals surface area contributed by atoms with Gasteiger partial charge in [0, 0.05) is 26.3 Å². The van der Waals surface area contributed by atoms with Gasteiger partial charge in [-0.2, -0.15) is 0 Å². The van der Waals surface area contributed by atoms with Gasteiger partial charge in [-0.15, -0.1) is 11.8 Å². The third-order valence-corrected chi connectivity index (χ3v) is 8.77. The minimum Gasteiger partial charge on any atom is -0.325 e. The number of carbonyl (C=O) groups excluding carboxylic acids is 3. The number of rotatable bonds is 10. The lowest BCUT2D eigenvalue weighted by molar-refractivity contribution is -0.116. The number of amides is 3. The van der Waals surface area contributed by atoms with Crippen LogP contribution in [0.5, 0.6) is 0 Å². The molecule has 8 heteroatoms. The molecular weight excluding hydrogens is 658 g/mol. The third kappa shape index (κ3) is 8.84. The van der Waals surface area contributed by atoms with Gasteiger partial charge in [0.2, 0.25) is 5.91 Å². The summed E-state index contributed by atoms with van der Waals surface area (Å²) in [5.41, 5.74) is 5.43. The van der Waals surface area contributed by atoms with Crippen molar-refractivity contribution in [3.8, 4) is 0 Å². The van der Waals surface area contributed by atoms with E-state index in [9.17, 15) is 14.4 Å². The number of hydrogen-bond acceptors (Lipinski definition) is 4. The fraction of sp³-hybridized carbons (Fsp3) is 0.0789. The summed E-state index contributed by atoms with van der Waals surface area (Å²) in [7, 11) is 0. The largest absolute Gasteiger partial charge is 0.325 e. The van der Waals surface area contributed by atoms with Crippen molar-refractivity contribution in [3.63, 3.8) is 0 Å². The highest BCUT2D eigenvalue weighted by Gasteiger charge is 2.23. The zero-order chi connectivity index (χ0) is 32.5. The van der Waals surface area contributed by atoms with Gasteiger partial charge in [-0.05, 0) is 90.7 Å². The van der Waals surface area contributed by atoms with E-state index in [0.717, 1.165) is 37.3 Å². The first-order valence-corrected chi connectivity index (χ1v) is 16.3. The minimum absolute atomic E-state index is 0.0834. The molecule has 3 N–H and O–H groups in total. The summed E-state index contributed by atoms with van der Waals surface area (Å²) < 4.78 is 0.842. The molecule has 6 nitrogen and oxygen atoms in total. The lowest BCUT2D eigenvalue weighted by Crippen LogP contribution is -2.30. The Labute approximate surface area is 281 Å². The number of aryl methyl sites for hydroxylation is 2. The molecule has 5 aromatic rings. The number of nitrogens with one attached hydrogen (secondary N) is 3. The molecule has 1 unspecified atom stereocenters. The van der Waals surface area contributed by atoms with E-state index in [1.807, 2.05) is 111 Å². The van der Waals surface area contributed by atoms with Crippen LogP contribution in [0.1, 0.15) is 37.9 Å². The Morgan fingerprint density at radius 3 is 2.20 bits per heavy atom. The Morgan fingerprint density at radius 2 is 1.46 bits per heavy atom. The molecule has 0 saturated carbocycles. The van der Waals surface area contributed by atoms with Gasteiger partial charge < -0.3 is 16.0 Å². The molecule has 0 aliphatic rings. The van der Waals surface area contributed by atoms with E-state index in [0.29, 0.717) is 11.3 Å². The van der Waals surface area contributed by atoms with Crippen molar-refractivity contribution < 1.29 is 14.4 Å². The van der Waals surface area contributed by atoms with Gasteiger partial charge in [-0.1, -0.05) is 94.8 Å². The highest BCUT2D eigenvalue weighted by molar-refractivity contribution is 9.10. The van der Waals surface area contributed by atoms with Gasteiger partial charge in [0.25, 0.3) is 11.8 Å². The third-order valence-electron chi connectivity index (χ3n) is 7.03. The van der Waals surface area contributed by atoms with Crippen LogP contribution in [0.15, 0.2) is 142 Å². The van der Waals surface area contributed by atoms with Crippen LogP contribution in [0.3, 0.4) is 0 Å². The van der Waals surface area contributed by atoms with Gasteiger partial charge in [0.15, 0.2) is 0 Å². The van der Waals surface area contributed by atoms with Crippen molar-refractivity contribution in [3.05, 3.63) is 165 Å². The highest BCUT2D eigenvalue weighted by atomic mass is 79.9. The Kier molecular flexibility index (Phi) is 10.9. The molecule has 0 radical (unpaired) electrons. The first kappa shape index (κ1) is 32.5. The van der Waals surface area contributed by atoms with Crippen LogP contribution < -0.4 is 16.0 Å². The Balaban J connectivity index is 1.38. The second-order valence-corrected chi connectivity index (χ2v) is 12.7. The second-order valence-electron chi connectivity index (χ2n) is 10.6. The van der Waals surface area contributed by atoms with Crippen molar-refractivity contribution in [2.24, 2.45) is 0 Å². The average molecular weight is 691 g/mol. The number of benzene rings is 5. The van der Waals surface area contributed by atoms with Crippen LogP contribution in [0.4, 0.5) is 11.4 Å². The summed E-state index contributed by atoms with van der Waals surface area (Å²) in [4.78, 5) is 41.1. The summed E-state index contributed by atoms with van der Waals surface area (Å²) in [6, 6.07) is 39.0.